The zero-order chi connectivity index (χ0) is 15.1. The minimum Gasteiger partial charge on any atom is -0.399 e. The zero-order valence-electron chi connectivity index (χ0n) is 13.7. The van der Waals surface area contributed by atoms with Crippen LogP contribution in [0.4, 0.5) is 5.69 Å². The molecule has 2 aliphatic heterocycles. The van der Waals surface area contributed by atoms with Crippen molar-refractivity contribution in [1.29, 1.82) is 0 Å². The van der Waals surface area contributed by atoms with E-state index in [-0.39, 0.29) is 18.3 Å². The highest BCUT2D eigenvalue weighted by Gasteiger charge is 2.52. The second kappa shape index (κ2) is 5.33. The topological polar surface area (TPSA) is 21.7 Å². The predicted octanol–water partition coefficient (Wildman–Crippen LogP) is 2.98. The van der Waals surface area contributed by atoms with E-state index >= 15 is 0 Å². The van der Waals surface area contributed by atoms with Gasteiger partial charge < -0.3 is 14.2 Å². The van der Waals surface area contributed by atoms with E-state index in [1.807, 2.05) is 0 Å². The van der Waals surface area contributed by atoms with Gasteiger partial charge in [-0.15, -0.1) is 0 Å². The number of hydrogen-bond donors (Lipinski definition) is 0. The van der Waals surface area contributed by atoms with Crippen molar-refractivity contribution in [3.8, 4) is 0 Å². The third-order valence-electron chi connectivity index (χ3n) is 5.14. The van der Waals surface area contributed by atoms with Crippen LogP contribution in [-0.2, 0) is 9.31 Å². The van der Waals surface area contributed by atoms with Crippen molar-refractivity contribution in [3.63, 3.8) is 0 Å². The number of hydrogen-bond acceptors (Lipinski definition) is 3. The van der Waals surface area contributed by atoms with Gasteiger partial charge in [-0.25, -0.2) is 0 Å². The summed E-state index contributed by atoms with van der Waals surface area (Å²) in [7, 11) is -0.270. The molecular weight excluding hydrogens is 261 g/mol. The first-order valence-electron chi connectivity index (χ1n) is 8.10. The molecule has 2 saturated heterocycles. The molecule has 3 rings (SSSR count). The molecule has 3 nitrogen and oxygen atoms in total. The van der Waals surface area contributed by atoms with Crippen molar-refractivity contribution >= 4 is 18.3 Å². The molecule has 2 aliphatic rings. The molecule has 1 aromatic rings. The first-order chi connectivity index (χ1) is 9.91. The molecule has 0 atom stereocenters. The highest BCUT2D eigenvalue weighted by atomic mass is 16.7. The molecule has 0 amide bonds. The molecule has 0 unspecified atom stereocenters. The Bertz CT molecular complexity index is 493. The van der Waals surface area contributed by atoms with Gasteiger partial charge in [0.2, 0.25) is 0 Å². The van der Waals surface area contributed by atoms with Gasteiger partial charge in [-0.2, -0.15) is 0 Å². The van der Waals surface area contributed by atoms with Crippen LogP contribution in [0.5, 0.6) is 0 Å². The number of nitrogens with zero attached hydrogens (tertiary/aromatic N) is 1. The van der Waals surface area contributed by atoms with E-state index < -0.39 is 0 Å². The fourth-order valence-electron chi connectivity index (χ4n) is 3.08. The van der Waals surface area contributed by atoms with Crippen LogP contribution in [0.1, 0.15) is 47.0 Å². The lowest BCUT2D eigenvalue weighted by Crippen LogP contribution is -2.41. The first kappa shape index (κ1) is 14.9. The van der Waals surface area contributed by atoms with Crippen molar-refractivity contribution in [2.45, 2.75) is 58.2 Å². The molecule has 0 saturated carbocycles. The molecule has 0 spiro atoms. The lowest BCUT2D eigenvalue weighted by molar-refractivity contribution is 0.00578. The van der Waals surface area contributed by atoms with Crippen molar-refractivity contribution in [2.24, 2.45) is 0 Å². The van der Waals surface area contributed by atoms with E-state index in [1.54, 1.807) is 0 Å². The number of para-hydroxylation sites is 1. The van der Waals surface area contributed by atoms with Gasteiger partial charge in [-0.3, -0.25) is 0 Å². The van der Waals surface area contributed by atoms with Crippen LogP contribution < -0.4 is 10.4 Å². The van der Waals surface area contributed by atoms with Crippen LogP contribution in [-0.4, -0.2) is 31.4 Å². The van der Waals surface area contributed by atoms with Crippen molar-refractivity contribution in [3.05, 3.63) is 24.3 Å². The third kappa shape index (κ3) is 2.71. The summed E-state index contributed by atoms with van der Waals surface area (Å²) in [5, 5.41) is 0. The quantitative estimate of drug-likeness (QED) is 0.781. The van der Waals surface area contributed by atoms with Gasteiger partial charge in [0.15, 0.2) is 0 Å². The standard InChI is InChI=1S/C17H26BNO2/c1-16(2)17(3,4)21-18(20-16)14-10-6-7-11-15(14)19-12-8-5-9-13-19/h6-7,10-11H,5,8-9,12-13H2,1-4H3. The lowest BCUT2D eigenvalue weighted by Gasteiger charge is -2.32. The highest BCUT2D eigenvalue weighted by Crippen LogP contribution is 2.37. The fraction of sp³-hybridized carbons (Fsp3) is 0.647. The van der Waals surface area contributed by atoms with E-state index in [0.29, 0.717) is 0 Å². The average Bonchev–Trinajstić information content (AvgIpc) is 2.68. The Morgan fingerprint density at radius 2 is 1.48 bits per heavy atom. The molecule has 2 heterocycles. The van der Waals surface area contributed by atoms with Crippen molar-refractivity contribution < 1.29 is 9.31 Å². The normalized spacial score (nSPS) is 24.4. The summed E-state index contributed by atoms with van der Waals surface area (Å²) in [6, 6.07) is 8.53. The average molecular weight is 287 g/mol. The van der Waals surface area contributed by atoms with E-state index in [9.17, 15) is 0 Å². The SMILES string of the molecule is CC1(C)OB(c2ccccc2N2CCCCC2)OC1(C)C. The van der Waals surface area contributed by atoms with Gasteiger partial charge >= 0.3 is 7.12 Å². The Kier molecular flexibility index (Phi) is 3.79. The van der Waals surface area contributed by atoms with E-state index in [0.717, 1.165) is 18.6 Å². The predicted molar refractivity (Wildman–Crippen MR) is 88.2 cm³/mol. The molecule has 114 valence electrons. The van der Waals surface area contributed by atoms with E-state index in [1.165, 1.54) is 24.9 Å². The van der Waals surface area contributed by atoms with E-state index in [4.69, 9.17) is 9.31 Å². The Balaban J connectivity index is 1.89. The van der Waals surface area contributed by atoms with Gasteiger partial charge in [0.1, 0.15) is 0 Å². The fourth-order valence-corrected chi connectivity index (χ4v) is 3.08. The van der Waals surface area contributed by atoms with Crippen LogP contribution in [0.15, 0.2) is 24.3 Å². The molecule has 0 radical (unpaired) electrons. The minimum absolute atomic E-state index is 0.270. The highest BCUT2D eigenvalue weighted by molar-refractivity contribution is 6.64. The molecule has 0 aliphatic carbocycles. The second-order valence-corrected chi connectivity index (χ2v) is 7.19. The Labute approximate surface area is 128 Å². The Morgan fingerprint density at radius 3 is 2.10 bits per heavy atom. The van der Waals surface area contributed by atoms with Crippen LogP contribution in [0.25, 0.3) is 0 Å². The molecule has 1 aromatic carbocycles. The van der Waals surface area contributed by atoms with Gasteiger partial charge in [-0.1, -0.05) is 18.2 Å². The number of rotatable bonds is 2. The molecular formula is C17H26BNO2. The number of benzene rings is 1. The molecule has 0 aromatic heterocycles. The van der Waals surface area contributed by atoms with Gasteiger partial charge in [0.25, 0.3) is 0 Å². The lowest BCUT2D eigenvalue weighted by atomic mass is 9.77. The summed E-state index contributed by atoms with van der Waals surface area (Å²) >= 11 is 0. The van der Waals surface area contributed by atoms with Crippen LogP contribution >= 0.6 is 0 Å². The molecule has 21 heavy (non-hydrogen) atoms. The van der Waals surface area contributed by atoms with E-state index in [2.05, 4.69) is 56.9 Å². The smallest absolute Gasteiger partial charge is 0.399 e. The van der Waals surface area contributed by atoms with Crippen LogP contribution in [0.2, 0.25) is 0 Å². The molecule has 0 N–H and O–H groups in total. The van der Waals surface area contributed by atoms with Crippen molar-refractivity contribution in [2.75, 3.05) is 18.0 Å². The first-order valence-corrected chi connectivity index (χ1v) is 8.10. The molecule has 4 heteroatoms. The zero-order valence-corrected chi connectivity index (χ0v) is 13.7. The third-order valence-corrected chi connectivity index (χ3v) is 5.14. The minimum atomic E-state index is -0.285. The maximum atomic E-state index is 6.23. The maximum Gasteiger partial charge on any atom is 0.496 e. The second-order valence-electron chi connectivity index (χ2n) is 7.19. The number of piperidine rings is 1. The van der Waals surface area contributed by atoms with Gasteiger partial charge in [-0.05, 0) is 53.0 Å². The summed E-state index contributed by atoms with van der Waals surface area (Å²) in [6.45, 7) is 10.7. The van der Waals surface area contributed by atoms with Gasteiger partial charge in [0, 0.05) is 24.2 Å². The molecule has 2 fully saturated rings. The van der Waals surface area contributed by atoms with Crippen LogP contribution in [0.3, 0.4) is 0 Å². The Morgan fingerprint density at radius 1 is 0.905 bits per heavy atom. The summed E-state index contributed by atoms with van der Waals surface area (Å²) in [4.78, 5) is 2.48. The monoisotopic (exact) mass is 287 g/mol. The summed E-state index contributed by atoms with van der Waals surface area (Å²) in [6.07, 6.45) is 3.89. The summed E-state index contributed by atoms with van der Waals surface area (Å²) < 4.78 is 12.5. The largest absolute Gasteiger partial charge is 0.496 e. The number of anilines is 1. The molecule has 0 bridgehead atoms. The summed E-state index contributed by atoms with van der Waals surface area (Å²) in [5.41, 5.74) is 1.87. The van der Waals surface area contributed by atoms with Crippen molar-refractivity contribution in [1.82, 2.24) is 0 Å². The van der Waals surface area contributed by atoms with Gasteiger partial charge in [0.05, 0.1) is 11.2 Å². The summed E-state index contributed by atoms with van der Waals surface area (Å²) in [5.74, 6) is 0. The maximum absolute atomic E-state index is 6.23. The Hall–Kier alpha value is -0.995. The van der Waals surface area contributed by atoms with Crippen LogP contribution in [0, 0.1) is 0 Å².